The minimum Gasteiger partial charge on any atom is -0.375 e. The molecule has 0 aliphatic carbocycles. The lowest BCUT2D eigenvalue weighted by molar-refractivity contribution is 0.106. The highest BCUT2D eigenvalue weighted by Gasteiger charge is 2.12. The number of benzene rings is 1. The number of methoxy groups -OCH3 is 1. The summed E-state index contributed by atoms with van der Waals surface area (Å²) in [5.74, 6) is 0.886. The number of nitrogens with one attached hydrogen (secondary N) is 1. The normalized spacial score (nSPS) is 12.8. The van der Waals surface area contributed by atoms with E-state index in [0.717, 1.165) is 30.9 Å². The van der Waals surface area contributed by atoms with E-state index >= 15 is 0 Å². The largest absolute Gasteiger partial charge is 0.375 e. The first-order valence-corrected chi connectivity index (χ1v) is 7.33. The molecule has 0 heterocycles. The standard InChI is InChI=1S/C17H27N3O/c1-5-6-10-13-20(3)17(18-2)19-14-16(21-4)15-11-8-7-9-12-15/h5,7-9,11-12,16H,1,6,10,13-14H2,2-4H3,(H,18,19). The first-order chi connectivity index (χ1) is 10.2. The van der Waals surface area contributed by atoms with Gasteiger partial charge in [-0.05, 0) is 18.4 Å². The summed E-state index contributed by atoms with van der Waals surface area (Å²) in [4.78, 5) is 6.44. The zero-order chi connectivity index (χ0) is 15.5. The zero-order valence-electron chi connectivity index (χ0n) is 13.4. The number of hydrogen-bond acceptors (Lipinski definition) is 2. The maximum absolute atomic E-state index is 5.56. The molecular weight excluding hydrogens is 262 g/mol. The summed E-state index contributed by atoms with van der Waals surface area (Å²) in [6.07, 6.45) is 4.06. The number of hydrogen-bond donors (Lipinski definition) is 1. The average molecular weight is 289 g/mol. The summed E-state index contributed by atoms with van der Waals surface area (Å²) >= 11 is 0. The highest BCUT2D eigenvalue weighted by Crippen LogP contribution is 2.14. The van der Waals surface area contributed by atoms with E-state index in [4.69, 9.17) is 4.74 Å². The summed E-state index contributed by atoms with van der Waals surface area (Å²) in [5.41, 5.74) is 1.16. The lowest BCUT2D eigenvalue weighted by atomic mass is 10.1. The van der Waals surface area contributed by atoms with Crippen LogP contribution in [-0.2, 0) is 4.74 Å². The summed E-state index contributed by atoms with van der Waals surface area (Å²) in [5, 5.41) is 3.37. The molecule has 0 spiro atoms. The molecule has 0 radical (unpaired) electrons. The third-order valence-corrected chi connectivity index (χ3v) is 3.38. The predicted octanol–water partition coefficient (Wildman–Crippen LogP) is 2.85. The van der Waals surface area contributed by atoms with Crippen molar-refractivity contribution in [3.05, 3.63) is 48.6 Å². The summed E-state index contributed by atoms with van der Waals surface area (Å²) in [7, 11) is 5.58. The Labute approximate surface area is 128 Å². The van der Waals surface area contributed by atoms with Crippen molar-refractivity contribution >= 4 is 5.96 Å². The smallest absolute Gasteiger partial charge is 0.193 e. The quantitative estimate of drug-likeness (QED) is 0.346. The molecule has 0 amide bonds. The maximum Gasteiger partial charge on any atom is 0.193 e. The molecular formula is C17H27N3O. The van der Waals surface area contributed by atoms with E-state index in [2.05, 4.69) is 33.9 Å². The second-order valence-electron chi connectivity index (χ2n) is 4.92. The molecule has 0 fully saturated rings. The Balaban J connectivity index is 2.51. The van der Waals surface area contributed by atoms with E-state index in [1.165, 1.54) is 0 Å². The molecule has 0 aromatic heterocycles. The number of rotatable bonds is 8. The first kappa shape index (κ1) is 17.2. The third kappa shape index (κ3) is 6.00. The van der Waals surface area contributed by atoms with E-state index < -0.39 is 0 Å². The van der Waals surface area contributed by atoms with Gasteiger partial charge in [-0.25, -0.2) is 0 Å². The van der Waals surface area contributed by atoms with E-state index in [1.807, 2.05) is 31.3 Å². The molecule has 1 unspecified atom stereocenters. The van der Waals surface area contributed by atoms with Crippen molar-refractivity contribution in [1.82, 2.24) is 10.2 Å². The van der Waals surface area contributed by atoms with Gasteiger partial charge in [-0.3, -0.25) is 4.99 Å². The monoisotopic (exact) mass is 289 g/mol. The molecule has 0 saturated heterocycles. The van der Waals surface area contributed by atoms with Crippen LogP contribution in [0.4, 0.5) is 0 Å². The van der Waals surface area contributed by atoms with Crippen molar-refractivity contribution in [2.45, 2.75) is 18.9 Å². The summed E-state index contributed by atoms with van der Waals surface area (Å²) in [6.45, 7) is 5.39. The number of aliphatic imine (C=N–C) groups is 1. The van der Waals surface area contributed by atoms with E-state index in [1.54, 1.807) is 14.2 Å². The molecule has 0 aliphatic heterocycles. The van der Waals surface area contributed by atoms with Crippen LogP contribution in [0.25, 0.3) is 0 Å². The third-order valence-electron chi connectivity index (χ3n) is 3.38. The van der Waals surface area contributed by atoms with Crippen LogP contribution in [0.5, 0.6) is 0 Å². The molecule has 116 valence electrons. The zero-order valence-corrected chi connectivity index (χ0v) is 13.4. The van der Waals surface area contributed by atoms with Crippen molar-refractivity contribution < 1.29 is 4.74 Å². The van der Waals surface area contributed by atoms with Gasteiger partial charge in [0.15, 0.2) is 5.96 Å². The number of allylic oxidation sites excluding steroid dienone is 1. The van der Waals surface area contributed by atoms with E-state index in [-0.39, 0.29) is 6.10 Å². The Morgan fingerprint density at radius 2 is 2.14 bits per heavy atom. The van der Waals surface area contributed by atoms with Gasteiger partial charge >= 0.3 is 0 Å². The Kier molecular flexibility index (Phi) is 8.21. The Morgan fingerprint density at radius 1 is 1.43 bits per heavy atom. The van der Waals surface area contributed by atoms with Gasteiger partial charge in [0.05, 0.1) is 6.10 Å². The average Bonchev–Trinajstić information content (AvgIpc) is 2.52. The van der Waals surface area contributed by atoms with Crippen LogP contribution in [0.1, 0.15) is 24.5 Å². The van der Waals surface area contributed by atoms with Gasteiger partial charge in [0.25, 0.3) is 0 Å². The lowest BCUT2D eigenvalue weighted by Gasteiger charge is -2.24. The molecule has 0 bridgehead atoms. The fourth-order valence-corrected chi connectivity index (χ4v) is 2.15. The fourth-order valence-electron chi connectivity index (χ4n) is 2.15. The van der Waals surface area contributed by atoms with Crippen molar-refractivity contribution in [1.29, 1.82) is 0 Å². The van der Waals surface area contributed by atoms with Crippen LogP contribution in [-0.4, -0.2) is 45.2 Å². The molecule has 4 nitrogen and oxygen atoms in total. The molecule has 0 saturated carbocycles. The predicted molar refractivity (Wildman–Crippen MR) is 89.6 cm³/mol. The van der Waals surface area contributed by atoms with Crippen molar-refractivity contribution in [3.63, 3.8) is 0 Å². The number of ether oxygens (including phenoxy) is 1. The SMILES string of the molecule is C=CCCCN(C)C(=NC)NCC(OC)c1ccccc1. The highest BCUT2D eigenvalue weighted by molar-refractivity contribution is 5.79. The van der Waals surface area contributed by atoms with Gasteiger partial charge < -0.3 is 15.0 Å². The number of nitrogens with zero attached hydrogens (tertiary/aromatic N) is 2. The van der Waals surface area contributed by atoms with Gasteiger partial charge in [-0.2, -0.15) is 0 Å². The number of unbranched alkanes of at least 4 members (excludes halogenated alkanes) is 1. The molecule has 1 rings (SSSR count). The summed E-state index contributed by atoms with van der Waals surface area (Å²) < 4.78 is 5.56. The van der Waals surface area contributed by atoms with Crippen LogP contribution in [0.3, 0.4) is 0 Å². The Morgan fingerprint density at radius 3 is 2.71 bits per heavy atom. The lowest BCUT2D eigenvalue weighted by Crippen LogP contribution is -2.41. The van der Waals surface area contributed by atoms with Gasteiger partial charge in [-0.1, -0.05) is 36.4 Å². The first-order valence-electron chi connectivity index (χ1n) is 7.33. The highest BCUT2D eigenvalue weighted by atomic mass is 16.5. The molecule has 1 aromatic carbocycles. The minimum atomic E-state index is 0.0181. The van der Waals surface area contributed by atoms with Gasteiger partial charge in [-0.15, -0.1) is 6.58 Å². The van der Waals surface area contributed by atoms with Gasteiger partial charge in [0.2, 0.25) is 0 Å². The van der Waals surface area contributed by atoms with E-state index in [0.29, 0.717) is 6.54 Å². The second-order valence-corrected chi connectivity index (χ2v) is 4.92. The van der Waals surface area contributed by atoms with Crippen LogP contribution in [0, 0.1) is 0 Å². The minimum absolute atomic E-state index is 0.0181. The van der Waals surface area contributed by atoms with Crippen molar-refractivity contribution in [3.8, 4) is 0 Å². The molecule has 4 heteroatoms. The molecule has 1 atom stereocenters. The van der Waals surface area contributed by atoms with Gasteiger partial charge in [0, 0.05) is 34.3 Å². The molecule has 1 N–H and O–H groups in total. The fraction of sp³-hybridized carbons (Fsp3) is 0.471. The second kappa shape index (κ2) is 10.00. The van der Waals surface area contributed by atoms with Crippen molar-refractivity contribution in [2.24, 2.45) is 4.99 Å². The molecule has 21 heavy (non-hydrogen) atoms. The van der Waals surface area contributed by atoms with Crippen LogP contribution >= 0.6 is 0 Å². The molecule has 1 aromatic rings. The van der Waals surface area contributed by atoms with Gasteiger partial charge in [0.1, 0.15) is 0 Å². The van der Waals surface area contributed by atoms with Crippen LogP contribution in [0.2, 0.25) is 0 Å². The topological polar surface area (TPSA) is 36.9 Å². The number of guanidine groups is 1. The van der Waals surface area contributed by atoms with Crippen LogP contribution in [0.15, 0.2) is 48.0 Å². The summed E-state index contributed by atoms with van der Waals surface area (Å²) in [6, 6.07) is 10.2. The maximum atomic E-state index is 5.56. The Bertz CT molecular complexity index is 431. The van der Waals surface area contributed by atoms with Crippen molar-refractivity contribution in [2.75, 3.05) is 34.3 Å². The van der Waals surface area contributed by atoms with Crippen LogP contribution < -0.4 is 5.32 Å². The molecule has 0 aliphatic rings. The van der Waals surface area contributed by atoms with E-state index in [9.17, 15) is 0 Å². The Hall–Kier alpha value is -1.81.